The lowest BCUT2D eigenvalue weighted by atomic mass is 9.98. The van der Waals surface area contributed by atoms with Crippen molar-refractivity contribution in [3.63, 3.8) is 0 Å². The molecule has 5 nitrogen and oxygen atoms in total. The van der Waals surface area contributed by atoms with Crippen molar-refractivity contribution in [2.24, 2.45) is 0 Å². The number of nitrogens with zero attached hydrogens (tertiary/aromatic N) is 2. The van der Waals surface area contributed by atoms with Crippen molar-refractivity contribution in [3.8, 4) is 0 Å². The summed E-state index contributed by atoms with van der Waals surface area (Å²) in [6.07, 6.45) is 0.686. The zero-order chi connectivity index (χ0) is 14.8. The molecule has 0 saturated heterocycles. The molecule has 0 N–H and O–H groups in total. The van der Waals surface area contributed by atoms with E-state index in [1.165, 1.54) is 4.90 Å². The van der Waals surface area contributed by atoms with Gasteiger partial charge in [0.2, 0.25) is 0 Å². The summed E-state index contributed by atoms with van der Waals surface area (Å²) in [6.45, 7) is 5.61. The molecule has 0 unspecified atom stereocenters. The van der Waals surface area contributed by atoms with Gasteiger partial charge in [0.25, 0.3) is 11.6 Å². The fourth-order valence-corrected chi connectivity index (χ4v) is 1.48. The van der Waals surface area contributed by atoms with Crippen LogP contribution in [0.4, 0.5) is 10.1 Å². The van der Waals surface area contributed by atoms with Crippen molar-refractivity contribution in [2.45, 2.75) is 32.7 Å². The molecular weight excluding hydrogens is 251 g/mol. The quantitative estimate of drug-likeness (QED) is 0.623. The van der Waals surface area contributed by atoms with Gasteiger partial charge in [-0.25, -0.2) is 4.39 Å². The number of halogens is 1. The van der Waals surface area contributed by atoms with E-state index in [0.717, 1.165) is 18.2 Å². The normalized spacial score (nSPS) is 11.2. The van der Waals surface area contributed by atoms with E-state index in [1.807, 2.05) is 20.8 Å². The van der Waals surface area contributed by atoms with E-state index >= 15 is 0 Å². The van der Waals surface area contributed by atoms with Crippen LogP contribution in [-0.2, 0) is 0 Å². The molecule has 6 heteroatoms. The highest BCUT2D eigenvalue weighted by atomic mass is 19.1. The molecule has 1 amide bonds. The molecular formula is C13H17FN2O3. The van der Waals surface area contributed by atoms with Gasteiger partial charge >= 0.3 is 0 Å². The lowest BCUT2D eigenvalue weighted by Gasteiger charge is -2.34. The van der Waals surface area contributed by atoms with Crippen molar-refractivity contribution < 1.29 is 14.1 Å². The molecule has 0 saturated carbocycles. The van der Waals surface area contributed by atoms with Crippen LogP contribution in [0.25, 0.3) is 0 Å². The standard InChI is InChI=1S/C13H17FN2O3/c1-5-13(2,3)15(4)12(17)10-8-9(16(18)19)6-7-11(10)14/h6-8H,5H2,1-4H3. The predicted molar refractivity (Wildman–Crippen MR) is 69.5 cm³/mol. The Bertz CT molecular complexity index is 515. The van der Waals surface area contributed by atoms with Gasteiger partial charge in [-0.1, -0.05) is 6.92 Å². The third-order valence-electron chi connectivity index (χ3n) is 3.47. The van der Waals surface area contributed by atoms with Crippen LogP contribution >= 0.6 is 0 Å². The molecule has 1 aromatic carbocycles. The van der Waals surface area contributed by atoms with Gasteiger partial charge in [-0.15, -0.1) is 0 Å². The van der Waals surface area contributed by atoms with E-state index in [9.17, 15) is 19.3 Å². The van der Waals surface area contributed by atoms with Crippen LogP contribution in [0.15, 0.2) is 18.2 Å². The summed E-state index contributed by atoms with van der Waals surface area (Å²) in [5.41, 5.74) is -1.03. The van der Waals surface area contributed by atoms with Crippen molar-refractivity contribution in [1.29, 1.82) is 0 Å². The Morgan fingerprint density at radius 2 is 2.05 bits per heavy atom. The van der Waals surface area contributed by atoms with Gasteiger partial charge in [-0.3, -0.25) is 14.9 Å². The molecule has 0 radical (unpaired) electrons. The largest absolute Gasteiger partial charge is 0.337 e. The fraction of sp³-hybridized carbons (Fsp3) is 0.462. The maximum Gasteiger partial charge on any atom is 0.270 e. The van der Waals surface area contributed by atoms with Gasteiger partial charge in [-0.05, 0) is 26.3 Å². The average Bonchev–Trinajstić information content (AvgIpc) is 2.37. The molecule has 19 heavy (non-hydrogen) atoms. The highest BCUT2D eigenvalue weighted by molar-refractivity contribution is 5.95. The molecule has 0 bridgehead atoms. The number of amides is 1. The fourth-order valence-electron chi connectivity index (χ4n) is 1.48. The number of nitro groups is 1. The predicted octanol–water partition coefficient (Wildman–Crippen LogP) is 2.99. The van der Waals surface area contributed by atoms with Crippen LogP contribution in [-0.4, -0.2) is 28.3 Å². The minimum atomic E-state index is -0.755. The number of non-ortho nitro benzene ring substituents is 1. The van der Waals surface area contributed by atoms with Crippen LogP contribution in [0.1, 0.15) is 37.6 Å². The number of benzene rings is 1. The van der Waals surface area contributed by atoms with Crippen LogP contribution in [0.3, 0.4) is 0 Å². The zero-order valence-electron chi connectivity index (χ0n) is 11.4. The van der Waals surface area contributed by atoms with Crippen molar-refractivity contribution in [3.05, 3.63) is 39.7 Å². The number of nitro benzene ring substituents is 1. The highest BCUT2D eigenvalue weighted by Crippen LogP contribution is 2.23. The first-order valence-electron chi connectivity index (χ1n) is 5.92. The van der Waals surface area contributed by atoms with E-state index in [-0.39, 0.29) is 11.3 Å². The summed E-state index contributed by atoms with van der Waals surface area (Å²) in [6, 6.07) is 2.95. The number of carbonyl (C=O) groups is 1. The Kier molecular flexibility index (Phi) is 4.24. The summed E-state index contributed by atoms with van der Waals surface area (Å²) in [5, 5.41) is 10.7. The van der Waals surface area contributed by atoms with Gasteiger partial charge in [0.1, 0.15) is 5.82 Å². The molecule has 0 aliphatic carbocycles. The van der Waals surface area contributed by atoms with Gasteiger partial charge in [0, 0.05) is 24.7 Å². The van der Waals surface area contributed by atoms with Gasteiger partial charge in [0.15, 0.2) is 0 Å². The smallest absolute Gasteiger partial charge is 0.270 e. The second-order valence-electron chi connectivity index (χ2n) is 4.95. The molecule has 0 heterocycles. The highest BCUT2D eigenvalue weighted by Gasteiger charge is 2.29. The van der Waals surface area contributed by atoms with Gasteiger partial charge in [0.05, 0.1) is 10.5 Å². The van der Waals surface area contributed by atoms with Crippen LogP contribution in [0.2, 0.25) is 0 Å². The average molecular weight is 268 g/mol. The minimum Gasteiger partial charge on any atom is -0.337 e. The maximum absolute atomic E-state index is 13.7. The molecule has 0 aliphatic rings. The summed E-state index contributed by atoms with van der Waals surface area (Å²) >= 11 is 0. The third-order valence-corrected chi connectivity index (χ3v) is 3.47. The molecule has 1 rings (SSSR count). The Morgan fingerprint density at radius 1 is 1.47 bits per heavy atom. The van der Waals surface area contributed by atoms with Crippen LogP contribution < -0.4 is 0 Å². The Hall–Kier alpha value is -1.98. The van der Waals surface area contributed by atoms with E-state index in [0.29, 0.717) is 6.42 Å². The summed E-state index contributed by atoms with van der Waals surface area (Å²) < 4.78 is 13.7. The zero-order valence-corrected chi connectivity index (χ0v) is 11.4. The van der Waals surface area contributed by atoms with Crippen LogP contribution in [0.5, 0.6) is 0 Å². The topological polar surface area (TPSA) is 63.5 Å². The Morgan fingerprint density at radius 3 is 2.53 bits per heavy atom. The molecule has 0 aliphatic heterocycles. The number of hydrogen-bond donors (Lipinski definition) is 0. The number of carbonyl (C=O) groups excluding carboxylic acids is 1. The van der Waals surface area contributed by atoms with Crippen molar-refractivity contribution >= 4 is 11.6 Å². The van der Waals surface area contributed by atoms with E-state index in [4.69, 9.17) is 0 Å². The van der Waals surface area contributed by atoms with Gasteiger partial charge in [-0.2, -0.15) is 0 Å². The molecule has 0 fully saturated rings. The molecule has 0 aromatic heterocycles. The lowest BCUT2D eigenvalue weighted by molar-refractivity contribution is -0.384. The number of rotatable bonds is 4. The first-order chi connectivity index (χ1) is 8.70. The van der Waals surface area contributed by atoms with Crippen LogP contribution in [0, 0.1) is 15.9 Å². The molecule has 104 valence electrons. The lowest BCUT2D eigenvalue weighted by Crippen LogP contribution is -2.44. The Labute approximate surface area is 111 Å². The summed E-state index contributed by atoms with van der Waals surface area (Å²) in [4.78, 5) is 23.6. The number of hydrogen-bond acceptors (Lipinski definition) is 3. The van der Waals surface area contributed by atoms with E-state index in [1.54, 1.807) is 7.05 Å². The maximum atomic E-state index is 13.7. The summed E-state index contributed by atoms with van der Waals surface area (Å²) in [7, 11) is 1.56. The third kappa shape index (κ3) is 3.07. The minimum absolute atomic E-state index is 0.279. The monoisotopic (exact) mass is 268 g/mol. The first-order valence-corrected chi connectivity index (χ1v) is 5.92. The second-order valence-corrected chi connectivity index (χ2v) is 4.95. The van der Waals surface area contributed by atoms with Gasteiger partial charge < -0.3 is 4.90 Å². The summed E-state index contributed by atoms with van der Waals surface area (Å²) in [5.74, 6) is -1.32. The SMILES string of the molecule is CCC(C)(C)N(C)C(=O)c1cc([N+](=O)[O-])ccc1F. The first kappa shape index (κ1) is 15.1. The Balaban J connectivity index is 3.19. The van der Waals surface area contributed by atoms with E-state index < -0.39 is 22.2 Å². The second kappa shape index (κ2) is 5.34. The van der Waals surface area contributed by atoms with Crippen molar-refractivity contribution in [2.75, 3.05) is 7.05 Å². The van der Waals surface area contributed by atoms with E-state index in [2.05, 4.69) is 0 Å². The molecule has 1 aromatic rings. The molecule has 0 spiro atoms. The molecule has 0 atom stereocenters. The van der Waals surface area contributed by atoms with Crippen molar-refractivity contribution in [1.82, 2.24) is 4.90 Å².